The number of hydrogen-bond donors (Lipinski definition) is 3. The number of nitrogens with one attached hydrogen (secondary N) is 2. The normalized spacial score (nSPS) is 21.4. The smallest absolute Gasteiger partial charge is 0.241 e. The number of rotatable bonds is 4. The lowest BCUT2D eigenvalue weighted by molar-refractivity contribution is -0.117. The molecule has 1 saturated heterocycles. The largest absolute Gasteiger partial charge is 0.392 e. The molecule has 6 heteroatoms. The van der Waals surface area contributed by atoms with Gasteiger partial charge in [-0.2, -0.15) is 5.10 Å². The van der Waals surface area contributed by atoms with Gasteiger partial charge < -0.3 is 15.7 Å². The minimum atomic E-state index is -0.444. The highest BCUT2D eigenvalue weighted by Gasteiger charge is 2.28. The van der Waals surface area contributed by atoms with E-state index < -0.39 is 6.10 Å². The first kappa shape index (κ1) is 13.8. The molecule has 6 nitrogen and oxygen atoms in total. The number of benzene rings is 1. The lowest BCUT2D eigenvalue weighted by Gasteiger charge is -2.14. The number of β-amino-alcohol motifs (C(OH)–C–C–N with tert-alkyl or cyclic N) is 1. The molecule has 1 aliphatic rings. The number of carbonyl (C=O) groups excluding carboxylic acids is 1. The third kappa shape index (κ3) is 3.29. The summed E-state index contributed by atoms with van der Waals surface area (Å²) in [7, 11) is 0. The average molecular weight is 286 g/mol. The van der Waals surface area contributed by atoms with Crippen LogP contribution in [0.2, 0.25) is 0 Å². The maximum atomic E-state index is 12.2. The quantitative estimate of drug-likeness (QED) is 0.769. The van der Waals surface area contributed by atoms with Crippen LogP contribution in [0.15, 0.2) is 42.7 Å². The van der Waals surface area contributed by atoms with E-state index in [2.05, 4.69) is 15.7 Å². The third-order valence-corrected chi connectivity index (χ3v) is 3.59. The van der Waals surface area contributed by atoms with Gasteiger partial charge in [0.2, 0.25) is 5.91 Å². The van der Waals surface area contributed by atoms with E-state index in [0.29, 0.717) is 19.5 Å². The molecule has 0 radical (unpaired) electrons. The van der Waals surface area contributed by atoms with E-state index in [-0.39, 0.29) is 11.9 Å². The molecule has 1 aromatic heterocycles. The number of carbonyl (C=O) groups is 1. The van der Waals surface area contributed by atoms with Crippen LogP contribution in [0.3, 0.4) is 0 Å². The molecule has 0 bridgehead atoms. The van der Waals surface area contributed by atoms with E-state index in [0.717, 1.165) is 11.3 Å². The van der Waals surface area contributed by atoms with Crippen molar-refractivity contribution in [1.82, 2.24) is 15.1 Å². The van der Waals surface area contributed by atoms with Crippen molar-refractivity contribution in [2.45, 2.75) is 25.1 Å². The molecule has 1 fully saturated rings. The van der Waals surface area contributed by atoms with Crippen LogP contribution in [0.1, 0.15) is 12.0 Å². The molecule has 21 heavy (non-hydrogen) atoms. The van der Waals surface area contributed by atoms with Gasteiger partial charge in [0, 0.05) is 24.6 Å². The second-order valence-corrected chi connectivity index (χ2v) is 5.20. The Morgan fingerprint density at radius 3 is 3.00 bits per heavy atom. The van der Waals surface area contributed by atoms with Crippen LogP contribution in [-0.4, -0.2) is 39.5 Å². The van der Waals surface area contributed by atoms with E-state index in [1.807, 2.05) is 41.2 Å². The van der Waals surface area contributed by atoms with E-state index in [9.17, 15) is 9.90 Å². The van der Waals surface area contributed by atoms with Crippen LogP contribution < -0.4 is 10.6 Å². The topological polar surface area (TPSA) is 79.2 Å². The van der Waals surface area contributed by atoms with Crippen molar-refractivity contribution in [1.29, 1.82) is 0 Å². The Balaban J connectivity index is 1.71. The van der Waals surface area contributed by atoms with Crippen molar-refractivity contribution in [3.63, 3.8) is 0 Å². The summed E-state index contributed by atoms with van der Waals surface area (Å²) >= 11 is 0. The van der Waals surface area contributed by atoms with Crippen molar-refractivity contribution in [3.8, 4) is 0 Å². The minimum Gasteiger partial charge on any atom is -0.392 e. The molecule has 2 aromatic rings. The lowest BCUT2D eigenvalue weighted by atomic mass is 10.1. The predicted molar refractivity (Wildman–Crippen MR) is 78.8 cm³/mol. The van der Waals surface area contributed by atoms with Crippen molar-refractivity contribution in [3.05, 3.63) is 48.3 Å². The summed E-state index contributed by atoms with van der Waals surface area (Å²) in [5, 5.41) is 19.6. The predicted octanol–water partition coefficient (Wildman–Crippen LogP) is 0.593. The summed E-state index contributed by atoms with van der Waals surface area (Å²) in [4.78, 5) is 12.2. The molecule has 0 spiro atoms. The first-order valence-corrected chi connectivity index (χ1v) is 7.00. The number of para-hydroxylation sites is 1. The highest BCUT2D eigenvalue weighted by Crippen LogP contribution is 2.17. The Labute approximate surface area is 122 Å². The third-order valence-electron chi connectivity index (χ3n) is 3.59. The zero-order valence-corrected chi connectivity index (χ0v) is 11.6. The number of aromatic nitrogens is 2. The van der Waals surface area contributed by atoms with Gasteiger partial charge in [-0.25, -0.2) is 0 Å². The van der Waals surface area contributed by atoms with Gasteiger partial charge in [-0.15, -0.1) is 0 Å². The molecule has 2 unspecified atom stereocenters. The molecule has 1 aliphatic heterocycles. The van der Waals surface area contributed by atoms with Gasteiger partial charge in [0.25, 0.3) is 0 Å². The van der Waals surface area contributed by atoms with Crippen molar-refractivity contribution < 1.29 is 9.90 Å². The Morgan fingerprint density at radius 2 is 2.29 bits per heavy atom. The fourth-order valence-corrected chi connectivity index (χ4v) is 2.49. The lowest BCUT2D eigenvalue weighted by Crippen LogP contribution is -2.35. The Kier molecular flexibility index (Phi) is 3.98. The standard InChI is InChI=1S/C15H18N4O2/c20-12-8-14(16-9-12)15(21)18-13-5-2-1-4-11(13)10-19-7-3-6-17-19/h1-7,12,14,16,20H,8-10H2,(H,18,21). The van der Waals surface area contributed by atoms with Crippen LogP contribution >= 0.6 is 0 Å². The van der Waals surface area contributed by atoms with Crippen LogP contribution in [-0.2, 0) is 11.3 Å². The molecule has 1 amide bonds. The van der Waals surface area contributed by atoms with Gasteiger partial charge in [0.1, 0.15) is 0 Å². The Hall–Kier alpha value is -2.18. The fraction of sp³-hybridized carbons (Fsp3) is 0.333. The SMILES string of the molecule is O=C(Nc1ccccc1Cn1cccn1)C1CC(O)CN1. The number of aliphatic hydroxyl groups is 1. The Bertz CT molecular complexity index is 612. The number of anilines is 1. The number of nitrogens with zero attached hydrogens (tertiary/aromatic N) is 2. The second kappa shape index (κ2) is 6.07. The van der Waals surface area contributed by atoms with E-state index >= 15 is 0 Å². The number of aliphatic hydroxyl groups excluding tert-OH is 1. The maximum absolute atomic E-state index is 12.2. The van der Waals surface area contributed by atoms with Gasteiger partial charge >= 0.3 is 0 Å². The van der Waals surface area contributed by atoms with Crippen LogP contribution in [0, 0.1) is 0 Å². The van der Waals surface area contributed by atoms with Crippen LogP contribution in [0.25, 0.3) is 0 Å². The summed E-state index contributed by atoms with van der Waals surface area (Å²) in [6.45, 7) is 1.07. The zero-order chi connectivity index (χ0) is 14.7. The molecule has 2 atom stereocenters. The Morgan fingerprint density at radius 1 is 1.43 bits per heavy atom. The highest BCUT2D eigenvalue weighted by atomic mass is 16.3. The first-order valence-electron chi connectivity index (χ1n) is 7.00. The summed E-state index contributed by atoms with van der Waals surface area (Å²) in [6.07, 6.45) is 3.62. The van der Waals surface area contributed by atoms with Crippen LogP contribution in [0.4, 0.5) is 5.69 Å². The van der Waals surface area contributed by atoms with Gasteiger partial charge in [0.05, 0.1) is 18.7 Å². The number of amides is 1. The second-order valence-electron chi connectivity index (χ2n) is 5.20. The molecule has 3 rings (SSSR count). The van der Waals surface area contributed by atoms with Gasteiger partial charge in [-0.1, -0.05) is 18.2 Å². The van der Waals surface area contributed by atoms with Gasteiger partial charge in [0.15, 0.2) is 0 Å². The molecule has 110 valence electrons. The maximum Gasteiger partial charge on any atom is 0.241 e. The summed E-state index contributed by atoms with van der Waals surface area (Å²) in [5.41, 5.74) is 1.77. The van der Waals surface area contributed by atoms with Gasteiger partial charge in [-0.3, -0.25) is 9.48 Å². The molecule has 1 aromatic carbocycles. The summed E-state index contributed by atoms with van der Waals surface area (Å²) < 4.78 is 1.81. The summed E-state index contributed by atoms with van der Waals surface area (Å²) in [6, 6.07) is 9.20. The molecular weight excluding hydrogens is 268 g/mol. The molecule has 0 saturated carbocycles. The first-order chi connectivity index (χ1) is 10.2. The van der Waals surface area contributed by atoms with Crippen molar-refractivity contribution >= 4 is 11.6 Å². The van der Waals surface area contributed by atoms with E-state index in [4.69, 9.17) is 0 Å². The molecule has 3 N–H and O–H groups in total. The van der Waals surface area contributed by atoms with E-state index in [1.54, 1.807) is 6.20 Å². The fourth-order valence-electron chi connectivity index (χ4n) is 2.49. The van der Waals surface area contributed by atoms with E-state index in [1.165, 1.54) is 0 Å². The highest BCUT2D eigenvalue weighted by molar-refractivity contribution is 5.95. The minimum absolute atomic E-state index is 0.112. The molecular formula is C15H18N4O2. The van der Waals surface area contributed by atoms with Crippen molar-refractivity contribution in [2.24, 2.45) is 0 Å². The molecule has 0 aliphatic carbocycles. The summed E-state index contributed by atoms with van der Waals surface area (Å²) in [5.74, 6) is -0.112. The molecule has 2 heterocycles. The number of hydrogen-bond acceptors (Lipinski definition) is 4. The van der Waals surface area contributed by atoms with Crippen LogP contribution in [0.5, 0.6) is 0 Å². The zero-order valence-electron chi connectivity index (χ0n) is 11.6. The average Bonchev–Trinajstić information content (AvgIpc) is 3.12. The van der Waals surface area contributed by atoms with Gasteiger partial charge in [-0.05, 0) is 24.1 Å². The van der Waals surface area contributed by atoms with Crippen molar-refractivity contribution in [2.75, 3.05) is 11.9 Å². The monoisotopic (exact) mass is 286 g/mol.